The van der Waals surface area contributed by atoms with Crippen molar-refractivity contribution < 1.29 is 13.6 Å². The fourth-order valence-corrected chi connectivity index (χ4v) is 1.94. The number of rotatable bonds is 2. The number of hydrogen-bond acceptors (Lipinski definition) is 2. The number of alkyl halides is 2. The van der Waals surface area contributed by atoms with Gasteiger partial charge in [0, 0.05) is 31.3 Å². The molecule has 0 spiro atoms. The molecule has 0 aromatic rings. The molecule has 1 aliphatic heterocycles. The molecule has 1 saturated carbocycles. The van der Waals surface area contributed by atoms with E-state index in [1.54, 1.807) is 0 Å². The van der Waals surface area contributed by atoms with Crippen LogP contribution in [-0.4, -0.2) is 31.0 Å². The Hall–Kier alpha value is -0.420. The summed E-state index contributed by atoms with van der Waals surface area (Å²) in [6.07, 6.45) is 0.340. The monoisotopic (exact) mass is 240 g/mol. The normalized spacial score (nSPS) is 29.1. The fraction of sp³-hybridized carbons (Fsp3) is 0.889. The smallest absolute Gasteiger partial charge is 0.249 e. The van der Waals surface area contributed by atoms with Gasteiger partial charge in [-0.05, 0) is 13.0 Å². The lowest BCUT2D eigenvalue weighted by Crippen LogP contribution is -2.48. The van der Waals surface area contributed by atoms with Crippen molar-refractivity contribution >= 4 is 18.3 Å². The van der Waals surface area contributed by atoms with Crippen LogP contribution in [0.15, 0.2) is 0 Å². The number of halogens is 3. The topological polar surface area (TPSA) is 41.1 Å². The molecule has 2 aliphatic rings. The van der Waals surface area contributed by atoms with Gasteiger partial charge in [-0.25, -0.2) is 8.78 Å². The van der Waals surface area contributed by atoms with Crippen LogP contribution in [0.3, 0.4) is 0 Å². The molecule has 3 nitrogen and oxygen atoms in total. The Bertz CT molecular complexity index is 236. The summed E-state index contributed by atoms with van der Waals surface area (Å²) in [6.45, 7) is 1.65. The number of nitrogens with one attached hydrogen (secondary N) is 2. The van der Waals surface area contributed by atoms with Crippen molar-refractivity contribution in [2.24, 2.45) is 5.92 Å². The first-order chi connectivity index (χ1) is 6.57. The van der Waals surface area contributed by atoms with Crippen LogP contribution in [-0.2, 0) is 4.79 Å². The summed E-state index contributed by atoms with van der Waals surface area (Å²) in [5.41, 5.74) is 0. The first-order valence-corrected chi connectivity index (χ1v) is 4.96. The van der Waals surface area contributed by atoms with E-state index in [9.17, 15) is 13.6 Å². The largest absolute Gasteiger partial charge is 0.352 e. The molecule has 2 rings (SSSR count). The van der Waals surface area contributed by atoms with E-state index in [1.807, 2.05) is 0 Å². The third-order valence-electron chi connectivity index (χ3n) is 2.87. The second kappa shape index (κ2) is 4.61. The Labute approximate surface area is 93.4 Å². The molecule has 0 aromatic carbocycles. The van der Waals surface area contributed by atoms with Crippen LogP contribution >= 0.6 is 12.4 Å². The molecule has 0 bridgehead atoms. The van der Waals surface area contributed by atoms with Crippen LogP contribution < -0.4 is 10.6 Å². The van der Waals surface area contributed by atoms with Gasteiger partial charge in [0.15, 0.2) is 0 Å². The zero-order chi connectivity index (χ0) is 10.2. The average Bonchev–Trinajstić information content (AvgIpc) is 2.52. The van der Waals surface area contributed by atoms with E-state index in [4.69, 9.17) is 0 Å². The predicted molar refractivity (Wildman–Crippen MR) is 54.3 cm³/mol. The van der Waals surface area contributed by atoms with Crippen molar-refractivity contribution in [2.45, 2.75) is 31.2 Å². The molecule has 1 atom stereocenters. The average molecular weight is 241 g/mol. The number of carbonyl (C=O) groups is 1. The molecule has 0 radical (unpaired) electrons. The van der Waals surface area contributed by atoms with Crippen molar-refractivity contribution in [2.75, 3.05) is 13.1 Å². The van der Waals surface area contributed by atoms with Crippen LogP contribution in [0, 0.1) is 5.92 Å². The molecule has 1 saturated heterocycles. The maximum Gasteiger partial charge on any atom is 0.249 e. The maximum atomic E-state index is 12.5. The van der Waals surface area contributed by atoms with E-state index >= 15 is 0 Å². The first-order valence-electron chi connectivity index (χ1n) is 4.96. The van der Waals surface area contributed by atoms with Crippen LogP contribution in [0.2, 0.25) is 0 Å². The zero-order valence-corrected chi connectivity index (χ0v) is 9.08. The van der Waals surface area contributed by atoms with Crippen molar-refractivity contribution in [3.63, 3.8) is 0 Å². The summed E-state index contributed by atoms with van der Waals surface area (Å²) in [6, 6.07) is 0.136. The predicted octanol–water partition coefficient (Wildman–Crippen LogP) is 0.932. The molecule has 88 valence electrons. The van der Waals surface area contributed by atoms with Gasteiger partial charge in [0.1, 0.15) is 0 Å². The first kappa shape index (κ1) is 12.6. The Kier molecular flexibility index (Phi) is 3.89. The van der Waals surface area contributed by atoms with Gasteiger partial charge in [-0.15, -0.1) is 12.4 Å². The minimum Gasteiger partial charge on any atom is -0.352 e. The van der Waals surface area contributed by atoms with Crippen molar-refractivity contribution in [1.82, 2.24) is 10.6 Å². The van der Waals surface area contributed by atoms with Crippen LogP contribution in [0.25, 0.3) is 0 Å². The van der Waals surface area contributed by atoms with Crippen LogP contribution in [0.5, 0.6) is 0 Å². The molecule has 15 heavy (non-hydrogen) atoms. The third-order valence-corrected chi connectivity index (χ3v) is 2.87. The lowest BCUT2D eigenvalue weighted by atomic mass is 9.80. The lowest BCUT2D eigenvalue weighted by Gasteiger charge is -2.34. The third kappa shape index (κ3) is 3.01. The van der Waals surface area contributed by atoms with Crippen molar-refractivity contribution in [3.8, 4) is 0 Å². The summed E-state index contributed by atoms with van der Waals surface area (Å²) < 4.78 is 24.9. The van der Waals surface area contributed by atoms with E-state index in [0.29, 0.717) is 0 Å². The zero-order valence-electron chi connectivity index (χ0n) is 8.26. The number of hydrogen-bond donors (Lipinski definition) is 2. The highest BCUT2D eigenvalue weighted by Crippen LogP contribution is 2.42. The maximum absolute atomic E-state index is 12.5. The molecule has 0 aromatic heterocycles. The highest BCUT2D eigenvalue weighted by molar-refractivity contribution is 5.85. The van der Waals surface area contributed by atoms with Gasteiger partial charge < -0.3 is 10.6 Å². The highest BCUT2D eigenvalue weighted by Gasteiger charge is 2.48. The Morgan fingerprint density at radius 2 is 2.07 bits per heavy atom. The summed E-state index contributed by atoms with van der Waals surface area (Å²) >= 11 is 0. The quantitative estimate of drug-likeness (QED) is 0.754. The van der Waals surface area contributed by atoms with Crippen LogP contribution in [0.4, 0.5) is 8.78 Å². The van der Waals surface area contributed by atoms with Gasteiger partial charge in [-0.1, -0.05) is 0 Å². The molecule has 2 N–H and O–H groups in total. The van der Waals surface area contributed by atoms with Gasteiger partial charge in [0.05, 0.1) is 0 Å². The number of carbonyl (C=O) groups excluding carboxylic acids is 1. The molecular weight excluding hydrogens is 226 g/mol. The minimum absolute atomic E-state index is 0. The van der Waals surface area contributed by atoms with E-state index in [-0.39, 0.29) is 37.2 Å². The second-order valence-electron chi connectivity index (χ2n) is 4.16. The van der Waals surface area contributed by atoms with Crippen molar-refractivity contribution in [1.29, 1.82) is 0 Å². The van der Waals surface area contributed by atoms with Crippen LogP contribution in [0.1, 0.15) is 19.3 Å². The van der Waals surface area contributed by atoms with Gasteiger partial charge in [-0.2, -0.15) is 0 Å². The summed E-state index contributed by atoms with van der Waals surface area (Å²) in [4.78, 5) is 11.4. The molecule has 1 unspecified atom stereocenters. The molecule has 1 amide bonds. The molecule has 1 heterocycles. The SMILES string of the molecule is Cl.O=C(NC1CCNC1)C1CC(F)(F)C1. The lowest BCUT2D eigenvalue weighted by molar-refractivity contribution is -0.150. The second-order valence-corrected chi connectivity index (χ2v) is 4.16. The van der Waals surface area contributed by atoms with Gasteiger partial charge in [0.2, 0.25) is 11.8 Å². The van der Waals surface area contributed by atoms with E-state index in [0.717, 1.165) is 19.5 Å². The van der Waals surface area contributed by atoms with E-state index < -0.39 is 11.8 Å². The number of amides is 1. The highest BCUT2D eigenvalue weighted by atomic mass is 35.5. The molecule has 6 heteroatoms. The van der Waals surface area contributed by atoms with E-state index in [2.05, 4.69) is 10.6 Å². The van der Waals surface area contributed by atoms with Gasteiger partial charge in [0.25, 0.3) is 0 Å². The summed E-state index contributed by atoms with van der Waals surface area (Å²) in [5.74, 6) is -3.27. The Morgan fingerprint density at radius 3 is 2.53 bits per heavy atom. The van der Waals surface area contributed by atoms with E-state index in [1.165, 1.54) is 0 Å². The van der Waals surface area contributed by atoms with Crippen molar-refractivity contribution in [3.05, 3.63) is 0 Å². The Morgan fingerprint density at radius 1 is 1.40 bits per heavy atom. The molecular formula is C9H15ClF2N2O. The van der Waals surface area contributed by atoms with Gasteiger partial charge >= 0.3 is 0 Å². The summed E-state index contributed by atoms with van der Waals surface area (Å²) in [7, 11) is 0. The minimum atomic E-state index is -2.60. The fourth-order valence-electron chi connectivity index (χ4n) is 1.94. The Balaban J connectivity index is 0.00000112. The summed E-state index contributed by atoms with van der Waals surface area (Å²) in [5, 5.41) is 5.89. The van der Waals surface area contributed by atoms with Gasteiger partial charge in [-0.3, -0.25) is 4.79 Å². The standard InChI is InChI=1S/C9H14F2N2O.ClH/c10-9(11)3-6(4-9)8(14)13-7-1-2-12-5-7;/h6-7,12H,1-5H2,(H,13,14);1H. The molecule has 1 aliphatic carbocycles. The molecule has 2 fully saturated rings.